The third kappa shape index (κ3) is 1.39. The molecule has 3 unspecified atom stereocenters. The molecule has 1 aromatic rings. The molecule has 0 radical (unpaired) electrons. The summed E-state index contributed by atoms with van der Waals surface area (Å²) in [4.78, 5) is 7.89. The predicted octanol–water partition coefficient (Wildman–Crippen LogP) is 1.49. The summed E-state index contributed by atoms with van der Waals surface area (Å²) in [6.45, 7) is 1.95. The largest absolute Gasteiger partial charge is 0.312 e. The molecular formula is C10H14FN3. The molecule has 1 aliphatic rings. The molecule has 14 heavy (non-hydrogen) atoms. The summed E-state index contributed by atoms with van der Waals surface area (Å²) in [7, 11) is 1.84. The van der Waals surface area contributed by atoms with Gasteiger partial charge in [-0.1, -0.05) is 6.92 Å². The summed E-state index contributed by atoms with van der Waals surface area (Å²) in [6, 6.07) is 0.0127. The Morgan fingerprint density at radius 1 is 1.57 bits per heavy atom. The number of nitrogens with zero attached hydrogens (tertiary/aromatic N) is 2. The van der Waals surface area contributed by atoms with E-state index in [4.69, 9.17) is 0 Å². The lowest BCUT2D eigenvalue weighted by Gasteiger charge is -2.22. The Morgan fingerprint density at radius 3 is 2.57 bits per heavy atom. The SMILES string of the molecule is CNC(c1cncnc1)C1(C)CC1F. The van der Waals surface area contributed by atoms with Gasteiger partial charge in [0.2, 0.25) is 0 Å². The van der Waals surface area contributed by atoms with Gasteiger partial charge in [-0.15, -0.1) is 0 Å². The van der Waals surface area contributed by atoms with Crippen molar-refractivity contribution in [3.05, 3.63) is 24.3 Å². The van der Waals surface area contributed by atoms with Gasteiger partial charge in [0, 0.05) is 29.4 Å². The summed E-state index contributed by atoms with van der Waals surface area (Å²) in [5.74, 6) is 0. The molecule has 0 aromatic carbocycles. The Balaban J connectivity index is 2.23. The second-order valence-electron chi connectivity index (χ2n) is 4.07. The Bertz CT molecular complexity index is 316. The van der Waals surface area contributed by atoms with E-state index in [1.54, 1.807) is 12.4 Å². The molecule has 76 valence electrons. The van der Waals surface area contributed by atoms with Gasteiger partial charge in [-0.2, -0.15) is 0 Å². The third-order valence-corrected chi connectivity index (χ3v) is 3.04. The number of nitrogens with one attached hydrogen (secondary N) is 1. The second-order valence-corrected chi connectivity index (χ2v) is 4.07. The molecule has 4 heteroatoms. The summed E-state index contributed by atoms with van der Waals surface area (Å²) in [5.41, 5.74) is 0.678. The topological polar surface area (TPSA) is 37.8 Å². The summed E-state index contributed by atoms with van der Waals surface area (Å²) >= 11 is 0. The fraction of sp³-hybridized carbons (Fsp3) is 0.600. The minimum atomic E-state index is -0.708. The van der Waals surface area contributed by atoms with E-state index < -0.39 is 6.17 Å². The number of aromatic nitrogens is 2. The highest BCUT2D eigenvalue weighted by atomic mass is 19.1. The van der Waals surface area contributed by atoms with Crippen LogP contribution in [-0.4, -0.2) is 23.2 Å². The number of hydrogen-bond acceptors (Lipinski definition) is 3. The van der Waals surface area contributed by atoms with Crippen LogP contribution in [0, 0.1) is 5.41 Å². The number of alkyl halides is 1. The lowest BCUT2D eigenvalue weighted by atomic mass is 9.93. The summed E-state index contributed by atoms with van der Waals surface area (Å²) < 4.78 is 13.2. The van der Waals surface area contributed by atoms with E-state index in [9.17, 15) is 4.39 Å². The zero-order valence-corrected chi connectivity index (χ0v) is 8.37. The molecule has 3 nitrogen and oxygen atoms in total. The number of hydrogen-bond donors (Lipinski definition) is 1. The Morgan fingerprint density at radius 2 is 2.14 bits per heavy atom. The first-order chi connectivity index (χ1) is 6.68. The predicted molar refractivity (Wildman–Crippen MR) is 51.5 cm³/mol. The van der Waals surface area contributed by atoms with Gasteiger partial charge in [0.1, 0.15) is 12.5 Å². The van der Waals surface area contributed by atoms with Crippen LogP contribution in [-0.2, 0) is 0 Å². The molecule has 0 aliphatic heterocycles. The molecule has 1 saturated carbocycles. The van der Waals surface area contributed by atoms with Crippen LogP contribution in [0.25, 0.3) is 0 Å². The van der Waals surface area contributed by atoms with Crippen molar-refractivity contribution in [2.24, 2.45) is 5.41 Å². The molecule has 1 heterocycles. The van der Waals surface area contributed by atoms with Gasteiger partial charge < -0.3 is 5.32 Å². The lowest BCUT2D eigenvalue weighted by molar-refractivity contribution is 0.303. The van der Waals surface area contributed by atoms with E-state index in [2.05, 4.69) is 15.3 Å². The zero-order chi connectivity index (χ0) is 10.2. The number of halogens is 1. The quantitative estimate of drug-likeness (QED) is 0.794. The van der Waals surface area contributed by atoms with E-state index in [0.29, 0.717) is 6.42 Å². The zero-order valence-electron chi connectivity index (χ0n) is 8.37. The monoisotopic (exact) mass is 195 g/mol. The minimum absolute atomic E-state index is 0.0127. The molecule has 0 bridgehead atoms. The standard InChI is InChI=1S/C10H14FN3/c1-10(3-8(10)11)9(12-2)7-4-13-6-14-5-7/h4-6,8-9,12H,3H2,1-2H3. The van der Waals surface area contributed by atoms with Gasteiger partial charge in [-0.05, 0) is 13.5 Å². The van der Waals surface area contributed by atoms with Gasteiger partial charge in [0.05, 0.1) is 0 Å². The second kappa shape index (κ2) is 3.28. The van der Waals surface area contributed by atoms with Crippen LogP contribution in [0.1, 0.15) is 24.9 Å². The molecular weight excluding hydrogens is 181 g/mol. The highest BCUT2D eigenvalue weighted by Crippen LogP contribution is 2.56. The molecule has 2 rings (SSSR count). The van der Waals surface area contributed by atoms with E-state index >= 15 is 0 Å². The maximum Gasteiger partial charge on any atom is 0.115 e. The maximum atomic E-state index is 13.2. The van der Waals surface area contributed by atoms with Crippen LogP contribution in [0.5, 0.6) is 0 Å². The van der Waals surface area contributed by atoms with E-state index in [1.165, 1.54) is 6.33 Å². The van der Waals surface area contributed by atoms with Gasteiger partial charge in [-0.25, -0.2) is 14.4 Å². The highest BCUT2D eigenvalue weighted by molar-refractivity contribution is 5.20. The molecule has 1 N–H and O–H groups in total. The molecule has 1 aliphatic carbocycles. The number of rotatable bonds is 3. The van der Waals surface area contributed by atoms with Crippen molar-refractivity contribution >= 4 is 0 Å². The Kier molecular flexibility index (Phi) is 2.23. The van der Waals surface area contributed by atoms with E-state index in [1.807, 2.05) is 14.0 Å². The molecule has 1 aromatic heterocycles. The normalized spacial score (nSPS) is 32.6. The van der Waals surface area contributed by atoms with Crippen LogP contribution in [0.4, 0.5) is 4.39 Å². The van der Waals surface area contributed by atoms with Crippen LogP contribution < -0.4 is 5.32 Å². The average molecular weight is 195 g/mol. The first-order valence-electron chi connectivity index (χ1n) is 4.74. The van der Waals surface area contributed by atoms with Crippen molar-refractivity contribution in [1.29, 1.82) is 0 Å². The molecule has 0 saturated heterocycles. The Labute approximate surface area is 82.8 Å². The van der Waals surface area contributed by atoms with E-state index in [-0.39, 0.29) is 11.5 Å². The minimum Gasteiger partial charge on any atom is -0.312 e. The van der Waals surface area contributed by atoms with Gasteiger partial charge in [-0.3, -0.25) is 0 Å². The molecule has 1 fully saturated rings. The summed E-state index contributed by atoms with van der Waals surface area (Å²) in [6.07, 6.45) is 4.88. The van der Waals surface area contributed by atoms with Crippen molar-refractivity contribution < 1.29 is 4.39 Å². The maximum absolute atomic E-state index is 13.2. The summed E-state index contributed by atoms with van der Waals surface area (Å²) in [5, 5.41) is 3.13. The smallest absolute Gasteiger partial charge is 0.115 e. The third-order valence-electron chi connectivity index (χ3n) is 3.04. The van der Waals surface area contributed by atoms with Crippen LogP contribution in [0.3, 0.4) is 0 Å². The van der Waals surface area contributed by atoms with Gasteiger partial charge in [0.25, 0.3) is 0 Å². The lowest BCUT2D eigenvalue weighted by Crippen LogP contribution is -2.26. The van der Waals surface area contributed by atoms with Crippen LogP contribution in [0.2, 0.25) is 0 Å². The van der Waals surface area contributed by atoms with Crippen LogP contribution >= 0.6 is 0 Å². The average Bonchev–Trinajstić information content (AvgIpc) is 2.78. The fourth-order valence-corrected chi connectivity index (χ4v) is 1.96. The van der Waals surface area contributed by atoms with Gasteiger partial charge >= 0.3 is 0 Å². The fourth-order valence-electron chi connectivity index (χ4n) is 1.96. The molecule has 0 amide bonds. The Hall–Kier alpha value is -1.03. The molecule has 0 spiro atoms. The first-order valence-corrected chi connectivity index (χ1v) is 4.74. The highest BCUT2D eigenvalue weighted by Gasteiger charge is 2.56. The van der Waals surface area contributed by atoms with Crippen molar-refractivity contribution in [1.82, 2.24) is 15.3 Å². The van der Waals surface area contributed by atoms with Crippen molar-refractivity contribution in [3.8, 4) is 0 Å². The van der Waals surface area contributed by atoms with E-state index in [0.717, 1.165) is 5.56 Å². The first kappa shape index (κ1) is 9.52. The molecule has 3 atom stereocenters. The van der Waals surface area contributed by atoms with Crippen molar-refractivity contribution in [3.63, 3.8) is 0 Å². The van der Waals surface area contributed by atoms with Crippen molar-refractivity contribution in [2.75, 3.05) is 7.05 Å². The van der Waals surface area contributed by atoms with Gasteiger partial charge in [0.15, 0.2) is 0 Å². The van der Waals surface area contributed by atoms with Crippen LogP contribution in [0.15, 0.2) is 18.7 Å². The van der Waals surface area contributed by atoms with Crippen molar-refractivity contribution in [2.45, 2.75) is 25.6 Å².